The van der Waals surface area contributed by atoms with Crippen LogP contribution in [0.15, 0.2) is 24.3 Å². The lowest BCUT2D eigenvalue weighted by atomic mass is 9.79. The van der Waals surface area contributed by atoms with Gasteiger partial charge in [0.1, 0.15) is 5.75 Å². The first-order chi connectivity index (χ1) is 10.0. The summed E-state index contributed by atoms with van der Waals surface area (Å²) in [5.41, 5.74) is 6.28. The number of primary amides is 1. The minimum absolute atomic E-state index is 0.0737. The standard InChI is InChI=1S/C17H26N2O2/c1-12-3-6-15(9-13(12)2)19-10-14-4-7-16(8-5-14)21-11-17(18)20/h4-5,7-8,12-13,15,19H,3,6,9-11H2,1-2H3,(H2,18,20). The maximum atomic E-state index is 10.7. The van der Waals surface area contributed by atoms with Crippen LogP contribution in [0.2, 0.25) is 0 Å². The van der Waals surface area contributed by atoms with Gasteiger partial charge in [-0.3, -0.25) is 4.79 Å². The van der Waals surface area contributed by atoms with Crippen LogP contribution in [0.25, 0.3) is 0 Å². The lowest BCUT2D eigenvalue weighted by Gasteiger charge is -2.32. The number of ether oxygens (including phenoxy) is 1. The van der Waals surface area contributed by atoms with Crippen molar-refractivity contribution in [3.63, 3.8) is 0 Å². The lowest BCUT2D eigenvalue weighted by Crippen LogP contribution is -2.35. The fraction of sp³-hybridized carbons (Fsp3) is 0.588. The lowest BCUT2D eigenvalue weighted by molar-refractivity contribution is -0.119. The van der Waals surface area contributed by atoms with Gasteiger partial charge in [-0.2, -0.15) is 0 Å². The van der Waals surface area contributed by atoms with E-state index in [0.29, 0.717) is 11.8 Å². The van der Waals surface area contributed by atoms with Gasteiger partial charge in [-0.05, 0) is 48.8 Å². The minimum atomic E-state index is -0.457. The molecule has 0 heterocycles. The molecule has 1 aromatic carbocycles. The molecule has 4 nitrogen and oxygen atoms in total. The van der Waals surface area contributed by atoms with Crippen molar-refractivity contribution < 1.29 is 9.53 Å². The van der Waals surface area contributed by atoms with E-state index in [4.69, 9.17) is 10.5 Å². The Morgan fingerprint density at radius 2 is 1.95 bits per heavy atom. The number of nitrogens with two attached hydrogens (primary N) is 1. The van der Waals surface area contributed by atoms with Crippen LogP contribution in [0.1, 0.15) is 38.7 Å². The number of hydrogen-bond donors (Lipinski definition) is 2. The zero-order valence-electron chi connectivity index (χ0n) is 13.0. The van der Waals surface area contributed by atoms with Crippen LogP contribution in [0.3, 0.4) is 0 Å². The summed E-state index contributed by atoms with van der Waals surface area (Å²) in [5, 5.41) is 3.64. The second kappa shape index (κ2) is 7.46. The SMILES string of the molecule is CC1CCC(NCc2ccc(OCC(N)=O)cc2)CC1C. The fourth-order valence-electron chi connectivity index (χ4n) is 2.85. The van der Waals surface area contributed by atoms with Crippen LogP contribution in [-0.2, 0) is 11.3 Å². The molecule has 0 aromatic heterocycles. The third-order valence-electron chi connectivity index (χ3n) is 4.50. The van der Waals surface area contributed by atoms with Crippen LogP contribution in [0, 0.1) is 11.8 Å². The summed E-state index contributed by atoms with van der Waals surface area (Å²) in [6, 6.07) is 8.44. The first-order valence-corrected chi connectivity index (χ1v) is 7.78. The van der Waals surface area contributed by atoms with Crippen molar-refractivity contribution in [2.45, 2.75) is 45.7 Å². The molecule has 1 fully saturated rings. The van der Waals surface area contributed by atoms with Crippen molar-refractivity contribution >= 4 is 5.91 Å². The van der Waals surface area contributed by atoms with E-state index in [-0.39, 0.29) is 6.61 Å². The Labute approximate surface area is 127 Å². The van der Waals surface area contributed by atoms with Gasteiger partial charge in [-0.15, -0.1) is 0 Å². The quantitative estimate of drug-likeness (QED) is 0.846. The number of carbonyl (C=O) groups excluding carboxylic acids is 1. The molecule has 0 spiro atoms. The molecule has 0 saturated heterocycles. The Hall–Kier alpha value is -1.55. The topological polar surface area (TPSA) is 64.3 Å². The Morgan fingerprint density at radius 1 is 1.24 bits per heavy atom. The van der Waals surface area contributed by atoms with Crippen LogP contribution < -0.4 is 15.8 Å². The van der Waals surface area contributed by atoms with Crippen molar-refractivity contribution in [3.05, 3.63) is 29.8 Å². The average Bonchev–Trinajstić information content (AvgIpc) is 2.47. The number of amides is 1. The van der Waals surface area contributed by atoms with Crippen LogP contribution in [0.5, 0.6) is 5.75 Å². The number of benzene rings is 1. The zero-order chi connectivity index (χ0) is 15.2. The van der Waals surface area contributed by atoms with E-state index < -0.39 is 5.91 Å². The average molecular weight is 290 g/mol. The van der Waals surface area contributed by atoms with Crippen molar-refractivity contribution in [2.75, 3.05) is 6.61 Å². The molecule has 0 bridgehead atoms. The molecule has 1 aliphatic carbocycles. The highest BCUT2D eigenvalue weighted by molar-refractivity contribution is 5.75. The van der Waals surface area contributed by atoms with Gasteiger partial charge < -0.3 is 15.8 Å². The van der Waals surface area contributed by atoms with E-state index >= 15 is 0 Å². The Balaban J connectivity index is 1.77. The van der Waals surface area contributed by atoms with Crippen LogP contribution in [0.4, 0.5) is 0 Å². The van der Waals surface area contributed by atoms with Gasteiger partial charge in [-0.25, -0.2) is 0 Å². The molecule has 1 aromatic rings. The summed E-state index contributed by atoms with van der Waals surface area (Å²) in [4.78, 5) is 10.7. The van der Waals surface area contributed by atoms with Crippen LogP contribution in [-0.4, -0.2) is 18.6 Å². The summed E-state index contributed by atoms with van der Waals surface area (Å²) in [5.74, 6) is 1.88. The fourth-order valence-corrected chi connectivity index (χ4v) is 2.85. The van der Waals surface area contributed by atoms with Crippen molar-refractivity contribution in [2.24, 2.45) is 17.6 Å². The van der Waals surface area contributed by atoms with Gasteiger partial charge in [0.15, 0.2) is 6.61 Å². The van der Waals surface area contributed by atoms with Gasteiger partial charge in [0, 0.05) is 12.6 Å². The molecule has 0 radical (unpaired) electrons. The Bertz CT molecular complexity index is 458. The summed E-state index contributed by atoms with van der Waals surface area (Å²) in [6.07, 6.45) is 3.85. The zero-order valence-corrected chi connectivity index (χ0v) is 13.0. The molecule has 1 aliphatic rings. The summed E-state index contributed by atoms with van der Waals surface area (Å²) in [6.45, 7) is 5.51. The predicted molar refractivity (Wildman–Crippen MR) is 83.9 cm³/mol. The molecule has 1 amide bonds. The monoisotopic (exact) mass is 290 g/mol. The van der Waals surface area contributed by atoms with E-state index in [9.17, 15) is 4.79 Å². The van der Waals surface area contributed by atoms with Gasteiger partial charge >= 0.3 is 0 Å². The predicted octanol–water partition coefficient (Wildman–Crippen LogP) is 2.46. The molecule has 2 rings (SSSR count). The van der Waals surface area contributed by atoms with E-state index in [1.807, 2.05) is 24.3 Å². The second-order valence-corrected chi connectivity index (χ2v) is 6.24. The first-order valence-electron chi connectivity index (χ1n) is 7.78. The second-order valence-electron chi connectivity index (χ2n) is 6.24. The van der Waals surface area contributed by atoms with E-state index in [1.165, 1.54) is 24.8 Å². The van der Waals surface area contributed by atoms with Crippen molar-refractivity contribution in [1.29, 1.82) is 0 Å². The maximum absolute atomic E-state index is 10.7. The molecule has 0 aliphatic heterocycles. The smallest absolute Gasteiger partial charge is 0.255 e. The highest BCUT2D eigenvalue weighted by Gasteiger charge is 2.23. The highest BCUT2D eigenvalue weighted by atomic mass is 16.5. The summed E-state index contributed by atoms with van der Waals surface area (Å²) < 4.78 is 5.25. The number of carbonyl (C=O) groups is 1. The maximum Gasteiger partial charge on any atom is 0.255 e. The van der Waals surface area contributed by atoms with Gasteiger partial charge in [-0.1, -0.05) is 26.0 Å². The number of rotatable bonds is 6. The van der Waals surface area contributed by atoms with Gasteiger partial charge in [0.05, 0.1) is 0 Å². The molecule has 116 valence electrons. The Kier molecular flexibility index (Phi) is 5.62. The van der Waals surface area contributed by atoms with Gasteiger partial charge in [0.25, 0.3) is 5.91 Å². The Morgan fingerprint density at radius 3 is 2.57 bits per heavy atom. The number of nitrogens with one attached hydrogen (secondary N) is 1. The van der Waals surface area contributed by atoms with Gasteiger partial charge in [0.2, 0.25) is 0 Å². The largest absolute Gasteiger partial charge is 0.484 e. The molecular weight excluding hydrogens is 264 g/mol. The molecular formula is C17H26N2O2. The van der Waals surface area contributed by atoms with E-state index in [2.05, 4.69) is 19.2 Å². The van der Waals surface area contributed by atoms with Crippen molar-refractivity contribution in [3.8, 4) is 5.75 Å². The summed E-state index contributed by atoms with van der Waals surface area (Å²) >= 11 is 0. The van der Waals surface area contributed by atoms with Crippen LogP contribution >= 0.6 is 0 Å². The third kappa shape index (κ3) is 5.05. The molecule has 1 saturated carbocycles. The van der Waals surface area contributed by atoms with Crippen molar-refractivity contribution in [1.82, 2.24) is 5.32 Å². The number of hydrogen-bond acceptors (Lipinski definition) is 3. The molecule has 3 N–H and O–H groups in total. The van der Waals surface area contributed by atoms with E-state index in [1.54, 1.807) is 0 Å². The molecule has 4 heteroatoms. The molecule has 3 atom stereocenters. The third-order valence-corrected chi connectivity index (χ3v) is 4.50. The molecule has 3 unspecified atom stereocenters. The highest BCUT2D eigenvalue weighted by Crippen LogP contribution is 2.29. The normalized spacial score (nSPS) is 25.5. The first kappa shape index (κ1) is 15.8. The minimum Gasteiger partial charge on any atom is -0.484 e. The van der Waals surface area contributed by atoms with E-state index in [0.717, 1.165) is 18.4 Å². The summed E-state index contributed by atoms with van der Waals surface area (Å²) in [7, 11) is 0. The molecule has 21 heavy (non-hydrogen) atoms.